The summed E-state index contributed by atoms with van der Waals surface area (Å²) in [4.78, 5) is 6.79. The number of hydrogen-bond donors (Lipinski definition) is 1. The molecule has 1 N–H and O–H groups in total. The smallest absolute Gasteiger partial charge is 0.128 e. The molecule has 1 aromatic heterocycles. The van der Waals surface area contributed by atoms with Crippen molar-refractivity contribution in [3.63, 3.8) is 0 Å². The minimum atomic E-state index is 0.440. The van der Waals surface area contributed by atoms with Crippen LogP contribution in [0.3, 0.4) is 0 Å². The maximum Gasteiger partial charge on any atom is 0.128 e. The van der Waals surface area contributed by atoms with E-state index < -0.39 is 0 Å². The zero-order valence-corrected chi connectivity index (χ0v) is 8.24. The molecule has 14 heavy (non-hydrogen) atoms. The van der Waals surface area contributed by atoms with Crippen LogP contribution in [0, 0.1) is 0 Å². The van der Waals surface area contributed by atoms with E-state index in [9.17, 15) is 0 Å². The first-order valence-corrected chi connectivity index (χ1v) is 5.29. The molecule has 3 nitrogen and oxygen atoms in total. The second-order valence-corrected chi connectivity index (χ2v) is 4.32. The standard InChI is InChI=1S/C11H15N3/c1-2-6-12-10(3-1)14-8-7-13-11(9-14)4-5-11/h1-3,6,13H,4-5,7-9H2. The van der Waals surface area contributed by atoms with Gasteiger partial charge in [-0.15, -0.1) is 0 Å². The normalized spacial score (nSPS) is 23.9. The van der Waals surface area contributed by atoms with Crippen LogP contribution in [0.15, 0.2) is 24.4 Å². The Kier molecular flexibility index (Phi) is 1.74. The van der Waals surface area contributed by atoms with Crippen LogP contribution in [0.5, 0.6) is 0 Å². The van der Waals surface area contributed by atoms with Gasteiger partial charge in [-0.3, -0.25) is 0 Å². The summed E-state index contributed by atoms with van der Waals surface area (Å²) >= 11 is 0. The minimum Gasteiger partial charge on any atom is -0.353 e. The first kappa shape index (κ1) is 8.24. The molecule has 1 saturated heterocycles. The van der Waals surface area contributed by atoms with E-state index in [0.29, 0.717) is 5.54 Å². The molecule has 1 spiro atoms. The number of piperazine rings is 1. The van der Waals surface area contributed by atoms with Crippen molar-refractivity contribution in [2.45, 2.75) is 18.4 Å². The lowest BCUT2D eigenvalue weighted by molar-refractivity contribution is 0.440. The fourth-order valence-corrected chi connectivity index (χ4v) is 2.18. The maximum atomic E-state index is 4.39. The molecular formula is C11H15N3. The summed E-state index contributed by atoms with van der Waals surface area (Å²) in [6, 6.07) is 6.13. The predicted molar refractivity (Wildman–Crippen MR) is 56.4 cm³/mol. The second-order valence-electron chi connectivity index (χ2n) is 4.32. The molecule has 1 aromatic rings. The Hall–Kier alpha value is -1.09. The van der Waals surface area contributed by atoms with Crippen molar-refractivity contribution >= 4 is 5.82 Å². The predicted octanol–water partition coefficient (Wildman–Crippen LogP) is 1.02. The van der Waals surface area contributed by atoms with Gasteiger partial charge in [-0.1, -0.05) is 6.07 Å². The summed E-state index contributed by atoms with van der Waals surface area (Å²) in [6.07, 6.45) is 4.53. The molecule has 2 fully saturated rings. The summed E-state index contributed by atoms with van der Waals surface area (Å²) < 4.78 is 0. The Morgan fingerprint density at radius 2 is 2.29 bits per heavy atom. The molecule has 74 valence electrons. The average Bonchev–Trinajstić information content (AvgIpc) is 2.99. The number of nitrogens with one attached hydrogen (secondary N) is 1. The van der Waals surface area contributed by atoms with E-state index in [1.165, 1.54) is 12.8 Å². The number of anilines is 1. The van der Waals surface area contributed by atoms with E-state index in [-0.39, 0.29) is 0 Å². The third-order valence-corrected chi connectivity index (χ3v) is 3.20. The van der Waals surface area contributed by atoms with E-state index in [2.05, 4.69) is 27.3 Å². The molecular weight excluding hydrogens is 174 g/mol. The molecule has 0 amide bonds. The van der Waals surface area contributed by atoms with E-state index in [1.54, 1.807) is 0 Å². The van der Waals surface area contributed by atoms with Crippen LogP contribution in [0.4, 0.5) is 5.82 Å². The number of nitrogens with zero attached hydrogens (tertiary/aromatic N) is 2. The van der Waals surface area contributed by atoms with Crippen molar-refractivity contribution in [3.8, 4) is 0 Å². The van der Waals surface area contributed by atoms with E-state index in [4.69, 9.17) is 0 Å². The molecule has 1 saturated carbocycles. The lowest BCUT2D eigenvalue weighted by Gasteiger charge is -2.34. The van der Waals surface area contributed by atoms with E-state index >= 15 is 0 Å². The van der Waals surface area contributed by atoms with Gasteiger partial charge in [0.1, 0.15) is 5.82 Å². The monoisotopic (exact) mass is 189 g/mol. The van der Waals surface area contributed by atoms with Gasteiger partial charge in [0.25, 0.3) is 0 Å². The van der Waals surface area contributed by atoms with E-state index in [0.717, 1.165) is 25.5 Å². The van der Waals surface area contributed by atoms with E-state index in [1.807, 2.05) is 12.3 Å². The van der Waals surface area contributed by atoms with Crippen molar-refractivity contribution in [1.29, 1.82) is 0 Å². The summed E-state index contributed by atoms with van der Waals surface area (Å²) in [5.41, 5.74) is 0.440. The molecule has 0 radical (unpaired) electrons. The Bertz CT molecular complexity index is 319. The zero-order valence-electron chi connectivity index (χ0n) is 8.24. The lowest BCUT2D eigenvalue weighted by Crippen LogP contribution is -2.52. The molecule has 0 atom stereocenters. The van der Waals surface area contributed by atoms with Crippen LogP contribution in [-0.2, 0) is 0 Å². The first-order chi connectivity index (χ1) is 6.88. The first-order valence-electron chi connectivity index (χ1n) is 5.29. The zero-order chi connectivity index (χ0) is 9.43. The highest BCUT2D eigenvalue weighted by molar-refractivity contribution is 5.40. The topological polar surface area (TPSA) is 28.2 Å². The highest BCUT2D eigenvalue weighted by Gasteiger charge is 2.45. The van der Waals surface area contributed by atoms with Crippen LogP contribution >= 0.6 is 0 Å². The lowest BCUT2D eigenvalue weighted by atomic mass is 10.2. The molecule has 0 bridgehead atoms. The number of hydrogen-bond acceptors (Lipinski definition) is 3. The quantitative estimate of drug-likeness (QED) is 0.715. The number of pyridine rings is 1. The Labute approximate surface area is 84.1 Å². The van der Waals surface area contributed by atoms with Gasteiger partial charge in [0.05, 0.1) is 0 Å². The van der Waals surface area contributed by atoms with Gasteiger partial charge < -0.3 is 10.2 Å². The summed E-state index contributed by atoms with van der Waals surface area (Å²) in [7, 11) is 0. The van der Waals surface area contributed by atoms with Crippen molar-refractivity contribution in [3.05, 3.63) is 24.4 Å². The molecule has 2 aliphatic rings. The maximum absolute atomic E-state index is 4.39. The number of rotatable bonds is 1. The van der Waals surface area contributed by atoms with Gasteiger partial charge >= 0.3 is 0 Å². The summed E-state index contributed by atoms with van der Waals surface area (Å²) in [5.74, 6) is 1.13. The largest absolute Gasteiger partial charge is 0.353 e. The SMILES string of the molecule is c1ccc(N2CCNC3(CC3)C2)nc1. The fourth-order valence-electron chi connectivity index (χ4n) is 2.18. The number of aromatic nitrogens is 1. The third kappa shape index (κ3) is 1.38. The minimum absolute atomic E-state index is 0.440. The second kappa shape index (κ2) is 2.95. The highest BCUT2D eigenvalue weighted by atomic mass is 15.3. The third-order valence-electron chi connectivity index (χ3n) is 3.20. The van der Waals surface area contributed by atoms with Gasteiger partial charge in [-0.25, -0.2) is 4.98 Å². The molecule has 1 aliphatic heterocycles. The van der Waals surface area contributed by atoms with Crippen LogP contribution in [0.25, 0.3) is 0 Å². The Balaban J connectivity index is 1.79. The molecule has 0 unspecified atom stereocenters. The molecule has 2 heterocycles. The van der Waals surface area contributed by atoms with Gasteiger partial charge in [0, 0.05) is 31.4 Å². The average molecular weight is 189 g/mol. The van der Waals surface area contributed by atoms with Crippen molar-refractivity contribution in [2.75, 3.05) is 24.5 Å². The van der Waals surface area contributed by atoms with Crippen LogP contribution in [0.1, 0.15) is 12.8 Å². The van der Waals surface area contributed by atoms with Crippen LogP contribution < -0.4 is 10.2 Å². The van der Waals surface area contributed by atoms with Crippen LogP contribution in [0.2, 0.25) is 0 Å². The molecule has 3 rings (SSSR count). The molecule has 0 aromatic carbocycles. The van der Waals surface area contributed by atoms with Gasteiger partial charge in [-0.2, -0.15) is 0 Å². The molecule has 3 heteroatoms. The van der Waals surface area contributed by atoms with Gasteiger partial charge in [0.15, 0.2) is 0 Å². The molecule has 1 aliphatic carbocycles. The summed E-state index contributed by atoms with van der Waals surface area (Å²) in [5, 5.41) is 3.60. The van der Waals surface area contributed by atoms with Crippen LogP contribution in [-0.4, -0.2) is 30.2 Å². The highest BCUT2D eigenvalue weighted by Crippen LogP contribution is 2.38. The van der Waals surface area contributed by atoms with Gasteiger partial charge in [-0.05, 0) is 25.0 Å². The fraction of sp³-hybridized carbons (Fsp3) is 0.545. The Morgan fingerprint density at radius 3 is 3.00 bits per heavy atom. The van der Waals surface area contributed by atoms with Crippen molar-refractivity contribution in [2.24, 2.45) is 0 Å². The summed E-state index contributed by atoms with van der Waals surface area (Å²) in [6.45, 7) is 3.30. The van der Waals surface area contributed by atoms with Crippen molar-refractivity contribution in [1.82, 2.24) is 10.3 Å². The Morgan fingerprint density at radius 1 is 1.36 bits per heavy atom. The van der Waals surface area contributed by atoms with Gasteiger partial charge in [0.2, 0.25) is 0 Å². The van der Waals surface area contributed by atoms with Crippen molar-refractivity contribution < 1.29 is 0 Å².